The van der Waals surface area contributed by atoms with E-state index in [0.717, 1.165) is 31.4 Å². The second-order valence-corrected chi connectivity index (χ2v) is 15.5. The molecule has 9 nitrogen and oxygen atoms in total. The van der Waals surface area contributed by atoms with Crippen LogP contribution in [0.2, 0.25) is 0 Å². The van der Waals surface area contributed by atoms with Crippen molar-refractivity contribution in [3.8, 4) is 0 Å². The molecule has 4 unspecified atom stereocenters. The molecule has 0 saturated carbocycles. The van der Waals surface area contributed by atoms with Crippen LogP contribution in [0.25, 0.3) is 10.9 Å². The number of fused-ring (bicyclic) bond motifs is 1. The van der Waals surface area contributed by atoms with Crippen LogP contribution >= 0.6 is 23.1 Å². The zero-order chi connectivity index (χ0) is 33.1. The van der Waals surface area contributed by atoms with Crippen molar-refractivity contribution in [1.29, 1.82) is 0 Å². The molecule has 0 spiro atoms. The summed E-state index contributed by atoms with van der Waals surface area (Å²) < 4.78 is 44.4. The highest BCUT2D eigenvalue weighted by Gasteiger charge is 2.42. The number of thioether (sulfide) groups is 1. The van der Waals surface area contributed by atoms with E-state index in [1.54, 1.807) is 54.4 Å². The van der Waals surface area contributed by atoms with Crippen molar-refractivity contribution in [2.75, 3.05) is 10.5 Å². The van der Waals surface area contributed by atoms with Gasteiger partial charge in [-0.25, -0.2) is 8.42 Å². The van der Waals surface area contributed by atoms with Crippen molar-refractivity contribution < 1.29 is 23.0 Å². The van der Waals surface area contributed by atoms with Crippen molar-refractivity contribution in [2.45, 2.75) is 47.2 Å². The van der Waals surface area contributed by atoms with E-state index in [4.69, 9.17) is 9.47 Å². The Hall–Kier alpha value is -4.17. The predicted molar refractivity (Wildman–Crippen MR) is 187 cm³/mol. The number of benzene rings is 4. The first-order chi connectivity index (χ1) is 23.4. The number of nitrogens with one attached hydrogen (secondary N) is 1. The molecule has 48 heavy (non-hydrogen) atoms. The normalized spacial score (nSPS) is 19.7. The van der Waals surface area contributed by atoms with Crippen molar-refractivity contribution in [2.24, 2.45) is 0 Å². The molecule has 2 aromatic heterocycles. The predicted octanol–water partition coefficient (Wildman–Crippen LogP) is 7.42. The number of rotatable bonds is 10. The number of hydrogen-bond donors (Lipinski definition) is 2. The summed E-state index contributed by atoms with van der Waals surface area (Å²) in [4.78, 5) is 4.42. The summed E-state index contributed by atoms with van der Waals surface area (Å²) in [5.74, 6) is 0.407. The van der Waals surface area contributed by atoms with Crippen LogP contribution in [-0.2, 0) is 26.1 Å². The van der Waals surface area contributed by atoms with Crippen LogP contribution in [0.1, 0.15) is 45.6 Å². The lowest BCUT2D eigenvalue weighted by atomic mass is 9.84. The smallest absolute Gasteiger partial charge is 0.264 e. The Morgan fingerprint density at radius 3 is 2.40 bits per heavy atom. The zero-order valence-corrected chi connectivity index (χ0v) is 28.3. The van der Waals surface area contributed by atoms with Crippen LogP contribution in [-0.4, -0.2) is 40.6 Å². The average molecular weight is 697 g/mol. The molecule has 3 heterocycles. The van der Waals surface area contributed by atoms with Crippen LogP contribution in [0.5, 0.6) is 0 Å². The summed E-state index contributed by atoms with van der Waals surface area (Å²) in [6.07, 6.45) is 0.0440. The highest BCUT2D eigenvalue weighted by Crippen LogP contribution is 2.48. The van der Waals surface area contributed by atoms with Gasteiger partial charge in [0.1, 0.15) is 9.90 Å². The molecular formula is C36H32N4O5S3. The van der Waals surface area contributed by atoms with Crippen molar-refractivity contribution in [3.05, 3.63) is 143 Å². The number of hydrogen-bond acceptors (Lipinski definition) is 10. The second kappa shape index (κ2) is 14.1. The molecular weight excluding hydrogens is 665 g/mol. The third-order valence-corrected chi connectivity index (χ3v) is 11.6. The number of ether oxygens (including phenoxy) is 2. The minimum absolute atomic E-state index is 0.0578. The van der Waals surface area contributed by atoms with Gasteiger partial charge in [0.05, 0.1) is 24.3 Å². The van der Waals surface area contributed by atoms with Gasteiger partial charge in [0, 0.05) is 34.5 Å². The Morgan fingerprint density at radius 1 is 0.854 bits per heavy atom. The molecule has 0 radical (unpaired) electrons. The van der Waals surface area contributed by atoms with Crippen LogP contribution in [0, 0.1) is 6.92 Å². The van der Waals surface area contributed by atoms with E-state index < -0.39 is 22.4 Å². The van der Waals surface area contributed by atoms with E-state index in [1.807, 2.05) is 67.6 Å². The average Bonchev–Trinajstić information content (AvgIpc) is 3.55. The van der Waals surface area contributed by atoms with E-state index in [0.29, 0.717) is 22.5 Å². The Balaban J connectivity index is 1.23. The van der Waals surface area contributed by atoms with E-state index in [9.17, 15) is 13.5 Å². The number of sulfonamides is 1. The largest absolute Gasteiger partial charge is 0.392 e. The number of aryl methyl sites for hydroxylation is 1. The van der Waals surface area contributed by atoms with Gasteiger partial charge in [-0.2, -0.15) is 0 Å². The molecule has 7 rings (SSSR count). The Labute approximate surface area is 287 Å². The fraction of sp³-hybridized carbons (Fsp3) is 0.194. The topological polar surface area (TPSA) is 124 Å². The Bertz CT molecular complexity index is 2120. The zero-order valence-electron chi connectivity index (χ0n) is 25.8. The lowest BCUT2D eigenvalue weighted by Crippen LogP contribution is -2.38. The number of aromatic nitrogens is 3. The molecule has 244 valence electrons. The molecule has 1 aliphatic rings. The standard InChI is InChI=1S/C36H32N4O5S3/c1-23-38-39-36(47-23)46-22-30-32(25-8-3-2-4-9-25)34(27-17-15-24(21-41)16-18-27)45-35(44-30)28-11-5-13-29(20-28)40-48(42,43)31-14-6-10-26-12-7-19-37-33(26)31/h2-20,30,32,34-35,40-41H,21-22H2,1H3. The first-order valence-corrected chi connectivity index (χ1v) is 18.6. The summed E-state index contributed by atoms with van der Waals surface area (Å²) in [7, 11) is -3.97. The Morgan fingerprint density at radius 2 is 1.62 bits per heavy atom. The van der Waals surface area contributed by atoms with Gasteiger partial charge >= 0.3 is 0 Å². The maximum atomic E-state index is 13.6. The van der Waals surface area contributed by atoms with Crippen molar-refractivity contribution in [1.82, 2.24) is 15.2 Å². The summed E-state index contributed by atoms with van der Waals surface area (Å²) in [5, 5.41) is 19.8. The summed E-state index contributed by atoms with van der Waals surface area (Å²) in [6, 6.07) is 33.7. The van der Waals surface area contributed by atoms with Gasteiger partial charge in [0.25, 0.3) is 10.0 Å². The highest BCUT2D eigenvalue weighted by molar-refractivity contribution is 8.01. The highest BCUT2D eigenvalue weighted by atomic mass is 32.2. The fourth-order valence-corrected chi connectivity index (χ4v) is 9.03. The van der Waals surface area contributed by atoms with Gasteiger partial charge in [0.15, 0.2) is 10.6 Å². The van der Waals surface area contributed by atoms with Crippen LogP contribution in [0.15, 0.2) is 125 Å². The van der Waals surface area contributed by atoms with Gasteiger partial charge in [0.2, 0.25) is 0 Å². The van der Waals surface area contributed by atoms with Gasteiger partial charge in [-0.3, -0.25) is 9.71 Å². The number of anilines is 1. The monoisotopic (exact) mass is 696 g/mol. The van der Waals surface area contributed by atoms with Crippen LogP contribution in [0.3, 0.4) is 0 Å². The lowest BCUT2D eigenvalue weighted by molar-refractivity contribution is -0.255. The molecule has 0 amide bonds. The molecule has 4 aromatic carbocycles. The van der Waals surface area contributed by atoms with Crippen molar-refractivity contribution in [3.63, 3.8) is 0 Å². The van der Waals surface area contributed by atoms with E-state index in [1.165, 1.54) is 11.3 Å². The molecule has 4 atom stereocenters. The second-order valence-electron chi connectivity index (χ2n) is 11.4. The lowest BCUT2D eigenvalue weighted by Gasteiger charge is -2.43. The third kappa shape index (κ3) is 7.00. The molecule has 0 aliphatic carbocycles. The Kier molecular flexibility index (Phi) is 9.53. The molecule has 1 fully saturated rings. The van der Waals surface area contributed by atoms with Gasteiger partial charge < -0.3 is 14.6 Å². The van der Waals surface area contributed by atoms with E-state index >= 15 is 0 Å². The van der Waals surface area contributed by atoms with Gasteiger partial charge in [-0.05, 0) is 47.9 Å². The first-order valence-electron chi connectivity index (χ1n) is 15.3. The minimum Gasteiger partial charge on any atom is -0.392 e. The molecule has 12 heteroatoms. The van der Waals surface area contributed by atoms with Crippen molar-refractivity contribution >= 4 is 49.7 Å². The molecule has 0 bridgehead atoms. The number of pyridine rings is 1. The number of nitrogens with zero attached hydrogens (tertiary/aromatic N) is 3. The molecule has 1 saturated heterocycles. The molecule has 1 aliphatic heterocycles. The number of aliphatic hydroxyl groups is 1. The number of para-hydroxylation sites is 1. The van der Waals surface area contributed by atoms with Crippen LogP contribution in [0.4, 0.5) is 5.69 Å². The maximum Gasteiger partial charge on any atom is 0.264 e. The number of aliphatic hydroxyl groups excluding tert-OH is 1. The summed E-state index contributed by atoms with van der Waals surface area (Å²) in [5.41, 5.74) is 4.25. The van der Waals surface area contributed by atoms with E-state index in [-0.39, 0.29) is 23.5 Å². The first kappa shape index (κ1) is 32.4. The van der Waals surface area contributed by atoms with Gasteiger partial charge in [-0.1, -0.05) is 108 Å². The third-order valence-electron chi connectivity index (χ3n) is 8.15. The van der Waals surface area contributed by atoms with Crippen LogP contribution < -0.4 is 4.72 Å². The van der Waals surface area contributed by atoms with Gasteiger partial charge in [-0.15, -0.1) is 10.2 Å². The SMILES string of the molecule is Cc1nnc(SCC2OC(c3cccc(NS(=O)(=O)c4cccc5cccnc45)c3)OC(c3ccc(CO)cc3)C2c2ccccc2)s1. The minimum atomic E-state index is -3.97. The summed E-state index contributed by atoms with van der Waals surface area (Å²) >= 11 is 3.13. The summed E-state index contributed by atoms with van der Waals surface area (Å²) in [6.45, 7) is 1.87. The maximum absolute atomic E-state index is 13.6. The molecule has 2 N–H and O–H groups in total. The quantitative estimate of drug-likeness (QED) is 0.141. The van der Waals surface area contributed by atoms with E-state index in [2.05, 4.69) is 32.0 Å². The molecule has 6 aromatic rings. The fourth-order valence-electron chi connectivity index (χ4n) is 5.89.